The number of thiocarbonyl (C=S) groups is 1. The molecule has 0 fully saturated rings. The lowest BCUT2D eigenvalue weighted by Gasteiger charge is -2.11. The van der Waals surface area contributed by atoms with Gasteiger partial charge in [-0.15, -0.1) is 0 Å². The van der Waals surface area contributed by atoms with Gasteiger partial charge in [0.05, 0.1) is 11.4 Å². The average molecular weight is 400 g/mol. The standard InChI is InChI=1S/C25H25N3S/c1-2-26-24(29)23-22(19-13-7-4-8-14-19)20-15-9-10-16-27-21(17-28(23)25(20)27)18-11-5-3-6-12-18/h3-8,11-14,17H,2,9-10,15-16H2,1H3,(H,26,29). The van der Waals surface area contributed by atoms with Gasteiger partial charge in [0.1, 0.15) is 10.6 Å². The molecule has 3 nitrogen and oxygen atoms in total. The SMILES string of the molecule is CCNC(=S)c1c(-c2ccccc2)c2c3n(c(-c4ccccc4)cn13)CCCC2. The predicted molar refractivity (Wildman–Crippen MR) is 125 cm³/mol. The van der Waals surface area contributed by atoms with Crippen LogP contribution in [-0.2, 0) is 13.0 Å². The second kappa shape index (κ2) is 7.53. The highest BCUT2D eigenvalue weighted by Crippen LogP contribution is 2.39. The molecular weight excluding hydrogens is 374 g/mol. The quantitative estimate of drug-likeness (QED) is 0.445. The Morgan fingerprint density at radius 3 is 2.34 bits per heavy atom. The van der Waals surface area contributed by atoms with Crippen LogP contribution in [0.1, 0.15) is 31.0 Å². The molecule has 5 rings (SSSR count). The first-order valence-corrected chi connectivity index (χ1v) is 10.9. The summed E-state index contributed by atoms with van der Waals surface area (Å²) in [6, 6.07) is 21.4. The first-order chi connectivity index (χ1) is 14.3. The number of aryl methyl sites for hydroxylation is 2. The van der Waals surface area contributed by atoms with Crippen LogP contribution in [0.4, 0.5) is 0 Å². The van der Waals surface area contributed by atoms with Gasteiger partial charge < -0.3 is 9.88 Å². The topological polar surface area (TPSA) is 21.4 Å². The molecule has 0 saturated carbocycles. The predicted octanol–water partition coefficient (Wildman–Crippen LogP) is 5.70. The third-order valence-electron chi connectivity index (χ3n) is 5.82. The summed E-state index contributed by atoms with van der Waals surface area (Å²) in [6.45, 7) is 3.96. The first-order valence-electron chi connectivity index (χ1n) is 10.4. The minimum Gasteiger partial charge on any atom is -0.375 e. The van der Waals surface area contributed by atoms with Crippen molar-refractivity contribution >= 4 is 22.9 Å². The van der Waals surface area contributed by atoms with E-state index in [1.807, 2.05) is 0 Å². The Bertz CT molecular complexity index is 1170. The van der Waals surface area contributed by atoms with Crippen LogP contribution in [0.2, 0.25) is 0 Å². The van der Waals surface area contributed by atoms with E-state index in [1.165, 1.54) is 46.4 Å². The molecule has 29 heavy (non-hydrogen) atoms. The molecule has 0 radical (unpaired) electrons. The number of benzene rings is 2. The van der Waals surface area contributed by atoms with E-state index in [2.05, 4.69) is 88.1 Å². The van der Waals surface area contributed by atoms with Crippen molar-refractivity contribution in [2.75, 3.05) is 6.54 Å². The summed E-state index contributed by atoms with van der Waals surface area (Å²) in [5.41, 5.74) is 8.91. The van der Waals surface area contributed by atoms with Crippen molar-refractivity contribution in [3.63, 3.8) is 0 Å². The monoisotopic (exact) mass is 399 g/mol. The molecule has 2 aromatic heterocycles. The van der Waals surface area contributed by atoms with Gasteiger partial charge in [-0.05, 0) is 37.3 Å². The minimum atomic E-state index is 0.821. The average Bonchev–Trinajstić information content (AvgIpc) is 3.18. The Morgan fingerprint density at radius 2 is 1.66 bits per heavy atom. The molecule has 0 unspecified atom stereocenters. The number of aromatic nitrogens is 2. The van der Waals surface area contributed by atoms with Crippen molar-refractivity contribution in [1.82, 2.24) is 14.3 Å². The summed E-state index contributed by atoms with van der Waals surface area (Å²) < 4.78 is 4.85. The molecule has 3 heterocycles. The maximum absolute atomic E-state index is 5.88. The minimum absolute atomic E-state index is 0.821. The summed E-state index contributed by atoms with van der Waals surface area (Å²) in [5, 5.41) is 3.41. The number of hydrogen-bond acceptors (Lipinski definition) is 1. The molecule has 1 aliphatic heterocycles. The van der Waals surface area contributed by atoms with Gasteiger partial charge in [-0.1, -0.05) is 72.9 Å². The molecule has 0 atom stereocenters. The van der Waals surface area contributed by atoms with Crippen molar-refractivity contribution < 1.29 is 0 Å². The van der Waals surface area contributed by atoms with E-state index in [0.717, 1.165) is 30.2 Å². The van der Waals surface area contributed by atoms with E-state index < -0.39 is 0 Å². The fraction of sp³-hybridized carbons (Fsp3) is 0.240. The third-order valence-corrected chi connectivity index (χ3v) is 6.16. The molecule has 0 spiro atoms. The Hall–Kier alpha value is -2.85. The van der Waals surface area contributed by atoms with Gasteiger partial charge in [0.2, 0.25) is 0 Å². The van der Waals surface area contributed by atoms with E-state index in [9.17, 15) is 0 Å². The van der Waals surface area contributed by atoms with Crippen molar-refractivity contribution in [3.05, 3.63) is 78.1 Å². The Kier molecular flexibility index (Phi) is 4.72. The van der Waals surface area contributed by atoms with Crippen molar-refractivity contribution in [1.29, 1.82) is 0 Å². The van der Waals surface area contributed by atoms with Gasteiger partial charge in [0.25, 0.3) is 0 Å². The Morgan fingerprint density at radius 1 is 0.966 bits per heavy atom. The zero-order valence-electron chi connectivity index (χ0n) is 16.7. The summed E-state index contributed by atoms with van der Waals surface area (Å²) in [5.74, 6) is 0. The third kappa shape index (κ3) is 2.99. The first kappa shape index (κ1) is 18.2. The summed E-state index contributed by atoms with van der Waals surface area (Å²) in [7, 11) is 0. The number of rotatable bonds is 4. The summed E-state index contributed by atoms with van der Waals surface area (Å²) in [6.07, 6.45) is 5.76. The van der Waals surface area contributed by atoms with E-state index in [1.54, 1.807) is 0 Å². The van der Waals surface area contributed by atoms with E-state index in [-0.39, 0.29) is 0 Å². The van der Waals surface area contributed by atoms with Gasteiger partial charge in [0.15, 0.2) is 0 Å². The van der Waals surface area contributed by atoms with E-state index >= 15 is 0 Å². The van der Waals surface area contributed by atoms with Gasteiger partial charge in [-0.2, -0.15) is 0 Å². The Balaban J connectivity index is 1.86. The highest BCUT2D eigenvalue weighted by atomic mass is 32.1. The van der Waals surface area contributed by atoms with Crippen molar-refractivity contribution in [3.8, 4) is 22.4 Å². The van der Waals surface area contributed by atoms with E-state index in [4.69, 9.17) is 12.2 Å². The molecule has 0 aliphatic carbocycles. The molecule has 0 bridgehead atoms. The zero-order chi connectivity index (χ0) is 19.8. The number of nitrogens with zero attached hydrogens (tertiary/aromatic N) is 2. The fourth-order valence-corrected chi connectivity index (χ4v) is 4.95. The van der Waals surface area contributed by atoms with Crippen LogP contribution in [0, 0.1) is 0 Å². The fourth-order valence-electron chi connectivity index (χ4n) is 4.61. The van der Waals surface area contributed by atoms with Gasteiger partial charge >= 0.3 is 0 Å². The Labute approximate surface area is 177 Å². The van der Waals surface area contributed by atoms with E-state index in [0.29, 0.717) is 0 Å². The molecule has 0 saturated heterocycles. The molecule has 1 N–H and O–H groups in total. The van der Waals surface area contributed by atoms with Crippen LogP contribution in [0.25, 0.3) is 28.0 Å². The highest BCUT2D eigenvalue weighted by molar-refractivity contribution is 7.80. The van der Waals surface area contributed by atoms with Crippen LogP contribution in [0.3, 0.4) is 0 Å². The molecule has 1 aliphatic rings. The molecule has 0 amide bonds. The largest absolute Gasteiger partial charge is 0.375 e. The molecule has 146 valence electrons. The van der Waals surface area contributed by atoms with Crippen molar-refractivity contribution in [2.24, 2.45) is 0 Å². The van der Waals surface area contributed by atoms with Gasteiger partial charge in [-0.25, -0.2) is 0 Å². The summed E-state index contributed by atoms with van der Waals surface area (Å²) in [4.78, 5) is 0.824. The normalized spacial score (nSPS) is 13.4. The highest BCUT2D eigenvalue weighted by Gasteiger charge is 2.27. The lowest BCUT2D eigenvalue weighted by molar-refractivity contribution is 0.647. The van der Waals surface area contributed by atoms with Gasteiger partial charge in [0, 0.05) is 30.4 Å². The molecular formula is C25H25N3S. The lowest BCUT2D eigenvalue weighted by atomic mass is 9.98. The van der Waals surface area contributed by atoms with Crippen LogP contribution >= 0.6 is 12.2 Å². The molecule has 4 heteroatoms. The second-order valence-corrected chi connectivity index (χ2v) is 8.02. The van der Waals surface area contributed by atoms with Crippen LogP contribution < -0.4 is 5.32 Å². The zero-order valence-corrected chi connectivity index (χ0v) is 17.5. The summed E-state index contributed by atoms with van der Waals surface area (Å²) >= 11 is 5.88. The van der Waals surface area contributed by atoms with Crippen LogP contribution in [-0.4, -0.2) is 20.5 Å². The van der Waals surface area contributed by atoms with Crippen molar-refractivity contribution in [2.45, 2.75) is 32.7 Å². The molecule has 2 aromatic carbocycles. The maximum atomic E-state index is 5.88. The van der Waals surface area contributed by atoms with Gasteiger partial charge in [-0.3, -0.25) is 4.40 Å². The number of imidazole rings is 1. The number of hydrogen-bond donors (Lipinski definition) is 1. The second-order valence-electron chi connectivity index (χ2n) is 7.61. The maximum Gasteiger partial charge on any atom is 0.124 e. The van der Waals surface area contributed by atoms with Crippen LogP contribution in [0.15, 0.2) is 66.9 Å². The van der Waals surface area contributed by atoms with Crippen LogP contribution in [0.5, 0.6) is 0 Å². The molecule has 4 aromatic rings. The lowest BCUT2D eigenvalue weighted by Crippen LogP contribution is -2.23. The number of nitrogens with one attached hydrogen (secondary N) is 1. The smallest absolute Gasteiger partial charge is 0.124 e.